The van der Waals surface area contributed by atoms with Crippen LogP contribution in [0.4, 0.5) is 0 Å². The molecule has 0 fully saturated rings. The van der Waals surface area contributed by atoms with Crippen molar-refractivity contribution in [3.63, 3.8) is 0 Å². The van der Waals surface area contributed by atoms with Crippen molar-refractivity contribution < 1.29 is 0 Å². The summed E-state index contributed by atoms with van der Waals surface area (Å²) in [6, 6.07) is 0.400. The van der Waals surface area contributed by atoms with Gasteiger partial charge in [0.1, 0.15) is 0 Å². The van der Waals surface area contributed by atoms with Gasteiger partial charge in [-0.05, 0) is 0 Å². The molecule has 1 heterocycles. The number of nitrogens with zero attached hydrogens (tertiary/aromatic N) is 2. The molecular weight excluding hydrogens is 386 g/mol. The molecule has 1 aliphatic rings. The summed E-state index contributed by atoms with van der Waals surface area (Å²) in [6.45, 7) is 16.5. The average Bonchev–Trinajstić information content (AvgIpc) is 2.76. The molecule has 23 heavy (non-hydrogen) atoms. The van der Waals surface area contributed by atoms with Gasteiger partial charge in [-0.15, -0.1) is 0 Å². The number of unbranched alkanes of at least 4 members (excludes halogenated alkanes) is 1. The van der Waals surface area contributed by atoms with Crippen LogP contribution < -0.4 is 0 Å². The normalized spacial score (nSPS) is 20.6. The Kier molecular flexibility index (Phi) is 6.92. The van der Waals surface area contributed by atoms with Crippen LogP contribution in [0, 0.1) is 5.41 Å². The fraction of sp³-hybridized carbons (Fsp3) is 0.842. The van der Waals surface area contributed by atoms with E-state index in [1.54, 1.807) is 3.59 Å². The SMILES string of the molecule is CCCC/[C](=C/N1B(C(C)(C)C)N=CC1C(C)(C)C)[Sn]([CH3])([CH3])[CH3]. The number of hydrogen-bond acceptors (Lipinski definition) is 2. The van der Waals surface area contributed by atoms with Gasteiger partial charge >= 0.3 is 150 Å². The van der Waals surface area contributed by atoms with Gasteiger partial charge in [0.15, 0.2) is 0 Å². The summed E-state index contributed by atoms with van der Waals surface area (Å²) >= 11 is -2.08. The predicted octanol–water partition coefficient (Wildman–Crippen LogP) is 6.03. The Morgan fingerprint density at radius 2 is 1.74 bits per heavy atom. The zero-order valence-corrected chi connectivity index (χ0v) is 20.2. The van der Waals surface area contributed by atoms with Crippen molar-refractivity contribution in [2.24, 2.45) is 10.3 Å². The van der Waals surface area contributed by atoms with E-state index in [4.69, 9.17) is 4.90 Å². The van der Waals surface area contributed by atoms with E-state index in [-0.39, 0.29) is 17.7 Å². The minimum absolute atomic E-state index is 0.163. The molecule has 132 valence electrons. The molecule has 0 saturated carbocycles. The second kappa shape index (κ2) is 7.53. The van der Waals surface area contributed by atoms with Gasteiger partial charge < -0.3 is 0 Å². The van der Waals surface area contributed by atoms with E-state index in [9.17, 15) is 0 Å². The number of hydrogen-bond donors (Lipinski definition) is 0. The van der Waals surface area contributed by atoms with E-state index in [1.165, 1.54) is 19.3 Å². The number of allylic oxidation sites excluding steroid dienone is 1. The van der Waals surface area contributed by atoms with Crippen molar-refractivity contribution >= 4 is 31.6 Å². The molecule has 0 amide bonds. The fourth-order valence-electron chi connectivity index (χ4n) is 3.14. The molecule has 0 saturated heterocycles. The van der Waals surface area contributed by atoms with Crippen molar-refractivity contribution in [2.75, 3.05) is 0 Å². The molecule has 4 heteroatoms. The van der Waals surface area contributed by atoms with E-state index in [0.717, 1.165) is 0 Å². The zero-order valence-electron chi connectivity index (χ0n) is 17.3. The van der Waals surface area contributed by atoms with Crippen molar-refractivity contribution in [3.05, 3.63) is 9.79 Å². The molecule has 1 rings (SSSR count). The molecule has 0 aromatic heterocycles. The maximum absolute atomic E-state index is 4.93. The Morgan fingerprint density at radius 1 is 1.17 bits per heavy atom. The van der Waals surface area contributed by atoms with E-state index in [1.807, 2.05) is 0 Å². The van der Waals surface area contributed by atoms with Gasteiger partial charge in [-0.1, -0.05) is 0 Å². The van der Waals surface area contributed by atoms with Gasteiger partial charge in [0, 0.05) is 0 Å². The fourth-order valence-corrected chi connectivity index (χ4v) is 7.32. The molecule has 0 aliphatic carbocycles. The first-order chi connectivity index (χ1) is 10.3. The Hall–Kier alpha value is 0.0736. The van der Waals surface area contributed by atoms with Gasteiger partial charge in [0.25, 0.3) is 0 Å². The van der Waals surface area contributed by atoms with Gasteiger partial charge in [0.2, 0.25) is 0 Å². The summed E-state index contributed by atoms with van der Waals surface area (Å²) in [5, 5.41) is 0.163. The summed E-state index contributed by atoms with van der Waals surface area (Å²) in [5.41, 5.74) is 0.212. The first-order valence-electron chi connectivity index (χ1n) is 9.30. The topological polar surface area (TPSA) is 15.6 Å². The third kappa shape index (κ3) is 5.83. The molecule has 0 N–H and O–H groups in total. The third-order valence-electron chi connectivity index (χ3n) is 4.70. The summed E-state index contributed by atoms with van der Waals surface area (Å²) in [4.78, 5) is 15.2. The van der Waals surface area contributed by atoms with Crippen molar-refractivity contribution in [1.29, 1.82) is 0 Å². The van der Waals surface area contributed by atoms with Crippen molar-refractivity contribution in [1.82, 2.24) is 4.81 Å². The first kappa shape index (κ1) is 21.1. The molecule has 0 radical (unpaired) electrons. The van der Waals surface area contributed by atoms with Crippen molar-refractivity contribution in [2.45, 2.75) is 93.9 Å². The molecular formula is C19H39BN2Sn. The predicted molar refractivity (Wildman–Crippen MR) is 110 cm³/mol. The van der Waals surface area contributed by atoms with Crippen molar-refractivity contribution in [3.8, 4) is 0 Å². The molecule has 0 spiro atoms. The van der Waals surface area contributed by atoms with Crippen LogP contribution in [0.3, 0.4) is 0 Å². The minimum atomic E-state index is -2.08. The molecule has 0 bridgehead atoms. The first-order valence-corrected chi connectivity index (χ1v) is 19.3. The van der Waals surface area contributed by atoms with Gasteiger partial charge in [0.05, 0.1) is 0 Å². The summed E-state index contributed by atoms with van der Waals surface area (Å²) in [5.74, 6) is 0. The quantitative estimate of drug-likeness (QED) is 0.492. The second-order valence-corrected chi connectivity index (χ2v) is 25.0. The Labute approximate surface area is 150 Å². The Bertz CT molecular complexity index is 425. The Balaban J connectivity index is 3.25. The van der Waals surface area contributed by atoms with Crippen LogP contribution in [0.15, 0.2) is 14.7 Å². The van der Waals surface area contributed by atoms with Gasteiger partial charge in [-0.3, -0.25) is 0 Å². The van der Waals surface area contributed by atoms with Crippen LogP contribution in [0.1, 0.15) is 67.7 Å². The van der Waals surface area contributed by atoms with Crippen LogP contribution in [0.2, 0.25) is 20.1 Å². The van der Waals surface area contributed by atoms with Crippen LogP contribution in [0.5, 0.6) is 0 Å². The zero-order chi connectivity index (χ0) is 18.1. The van der Waals surface area contributed by atoms with Gasteiger partial charge in [-0.25, -0.2) is 0 Å². The van der Waals surface area contributed by atoms with Crippen LogP contribution in [-0.4, -0.2) is 42.4 Å². The van der Waals surface area contributed by atoms with Crippen LogP contribution in [0.25, 0.3) is 0 Å². The van der Waals surface area contributed by atoms with Crippen LogP contribution in [-0.2, 0) is 0 Å². The summed E-state index contributed by atoms with van der Waals surface area (Å²) in [7, 11) is 0. The monoisotopic (exact) mass is 426 g/mol. The molecule has 2 nitrogen and oxygen atoms in total. The van der Waals surface area contributed by atoms with E-state index in [2.05, 4.69) is 80.5 Å². The number of rotatable bonds is 5. The van der Waals surface area contributed by atoms with E-state index >= 15 is 0 Å². The van der Waals surface area contributed by atoms with Gasteiger partial charge in [-0.2, -0.15) is 0 Å². The molecule has 1 aliphatic heterocycles. The molecule has 0 aromatic rings. The molecule has 1 unspecified atom stereocenters. The summed E-state index contributed by atoms with van der Waals surface area (Å²) < 4.78 is 1.76. The maximum atomic E-state index is 4.93. The third-order valence-corrected chi connectivity index (χ3v) is 11.3. The standard InChI is InChI=1S/C16H30BN2.3CH3.Sn/c1-8-9-10-11-12-19-14(15(2,3)4)13-18-17(19)16(5,6)7;;;;/h12-14H,8-10H2,1-7H3;3*1H3;. The van der Waals surface area contributed by atoms with Crippen LogP contribution >= 0.6 is 0 Å². The Morgan fingerprint density at radius 3 is 2.13 bits per heavy atom. The molecule has 0 aromatic carbocycles. The van der Waals surface area contributed by atoms with E-state index in [0.29, 0.717) is 6.04 Å². The van der Waals surface area contributed by atoms with E-state index < -0.39 is 18.4 Å². The second-order valence-electron chi connectivity index (χ2n) is 10.3. The molecule has 1 atom stereocenters. The summed E-state index contributed by atoms with van der Waals surface area (Å²) in [6.07, 6.45) is 8.63. The average molecular weight is 425 g/mol.